The lowest BCUT2D eigenvalue weighted by molar-refractivity contribution is 0.217. The van der Waals surface area contributed by atoms with Gasteiger partial charge in [0.05, 0.1) is 0 Å². The van der Waals surface area contributed by atoms with E-state index in [4.69, 9.17) is 4.43 Å². The Morgan fingerprint density at radius 3 is 1.89 bits per heavy atom. The molecule has 0 fully saturated rings. The number of aliphatic hydroxyl groups is 1. The van der Waals surface area contributed by atoms with E-state index in [1.807, 2.05) is 0 Å². The van der Waals surface area contributed by atoms with Crippen molar-refractivity contribution in [3.63, 3.8) is 0 Å². The van der Waals surface area contributed by atoms with E-state index < -0.39 is 8.32 Å². The second-order valence-electron chi connectivity index (χ2n) is 8.16. The first kappa shape index (κ1) is 22.4. The van der Waals surface area contributed by atoms with Crippen LogP contribution in [0.1, 0.15) is 53.4 Å². The monoisotopic (exact) mass is 394 g/mol. The maximum Gasteiger partial charge on any atom is 0.262 e. The molecule has 0 heterocycles. The molecule has 0 radical (unpaired) electrons. The standard InChI is InChI=1S/C25H34O2Si/c1-5-6-15-22(16-13-14-21-26)27-28(25(2,3)4,23-17-9-7-10-18-23)24-19-11-8-12-20-24/h7-12,17-20,22,26H,5,13-14,16,21H2,1-4H3/t22-/m1/s1. The van der Waals surface area contributed by atoms with Gasteiger partial charge in [0.25, 0.3) is 8.32 Å². The molecule has 0 bridgehead atoms. The molecule has 2 aromatic carbocycles. The Bertz CT molecular complexity index is 714. The molecule has 0 aliphatic heterocycles. The van der Waals surface area contributed by atoms with Crippen LogP contribution in [0.25, 0.3) is 0 Å². The number of hydrogen-bond acceptors (Lipinski definition) is 2. The van der Waals surface area contributed by atoms with Crippen LogP contribution in [-0.2, 0) is 4.43 Å². The summed E-state index contributed by atoms with van der Waals surface area (Å²) >= 11 is 0. The normalized spacial score (nSPS) is 12.9. The SMILES string of the molecule is CCC#C[C@H](CCCCO)O[Si](c1ccccc1)(c1ccccc1)C(C)(C)C. The van der Waals surface area contributed by atoms with E-state index in [0.717, 1.165) is 25.7 Å². The summed E-state index contributed by atoms with van der Waals surface area (Å²) in [5.74, 6) is 6.61. The van der Waals surface area contributed by atoms with Crippen LogP contribution < -0.4 is 10.4 Å². The second-order valence-corrected chi connectivity index (χ2v) is 12.4. The fourth-order valence-corrected chi connectivity index (χ4v) is 8.34. The highest BCUT2D eigenvalue weighted by molar-refractivity contribution is 6.99. The van der Waals surface area contributed by atoms with Crippen molar-refractivity contribution in [3.8, 4) is 11.8 Å². The van der Waals surface area contributed by atoms with Gasteiger partial charge < -0.3 is 9.53 Å². The predicted octanol–water partition coefficient (Wildman–Crippen LogP) is 4.51. The van der Waals surface area contributed by atoms with Gasteiger partial charge in [-0.15, -0.1) is 5.92 Å². The lowest BCUT2D eigenvalue weighted by Gasteiger charge is -2.44. The third kappa shape index (κ3) is 5.35. The van der Waals surface area contributed by atoms with Crippen LogP contribution in [0.4, 0.5) is 0 Å². The molecule has 0 saturated heterocycles. The molecule has 28 heavy (non-hydrogen) atoms. The third-order valence-electron chi connectivity index (χ3n) is 5.05. The first-order valence-corrected chi connectivity index (χ1v) is 12.2. The topological polar surface area (TPSA) is 29.5 Å². The van der Waals surface area contributed by atoms with Crippen molar-refractivity contribution in [2.75, 3.05) is 6.61 Å². The summed E-state index contributed by atoms with van der Waals surface area (Å²) in [6.45, 7) is 9.15. The van der Waals surface area contributed by atoms with Crippen molar-refractivity contribution in [1.29, 1.82) is 0 Å². The van der Waals surface area contributed by atoms with Gasteiger partial charge in [-0.25, -0.2) is 0 Å². The minimum atomic E-state index is -2.59. The molecule has 1 N–H and O–H groups in total. The number of benzene rings is 2. The first-order chi connectivity index (χ1) is 13.5. The van der Waals surface area contributed by atoms with Gasteiger partial charge in [0.1, 0.15) is 6.10 Å². The van der Waals surface area contributed by atoms with Crippen molar-refractivity contribution in [1.82, 2.24) is 0 Å². The molecule has 0 aliphatic carbocycles. The maximum atomic E-state index is 9.20. The van der Waals surface area contributed by atoms with Gasteiger partial charge >= 0.3 is 0 Å². The highest BCUT2D eigenvalue weighted by Gasteiger charge is 2.51. The fourth-order valence-electron chi connectivity index (χ4n) is 3.72. The molecule has 0 unspecified atom stereocenters. The molecule has 150 valence electrons. The Morgan fingerprint density at radius 1 is 0.929 bits per heavy atom. The van der Waals surface area contributed by atoms with E-state index in [2.05, 4.69) is 100 Å². The number of aliphatic hydroxyl groups excluding tert-OH is 1. The van der Waals surface area contributed by atoms with Crippen molar-refractivity contribution in [3.05, 3.63) is 60.7 Å². The fraction of sp³-hybridized carbons (Fsp3) is 0.440. The maximum absolute atomic E-state index is 9.20. The molecule has 0 aromatic heterocycles. The Morgan fingerprint density at radius 2 is 1.46 bits per heavy atom. The van der Waals surface area contributed by atoms with E-state index in [9.17, 15) is 5.11 Å². The number of unbranched alkanes of at least 4 members (excludes halogenated alkanes) is 1. The van der Waals surface area contributed by atoms with Gasteiger partial charge in [0.2, 0.25) is 0 Å². The number of rotatable bonds is 8. The lowest BCUT2D eigenvalue weighted by atomic mass is 10.1. The Kier molecular flexibility index (Phi) is 8.50. The third-order valence-corrected chi connectivity index (χ3v) is 10.1. The average Bonchev–Trinajstić information content (AvgIpc) is 2.70. The van der Waals surface area contributed by atoms with Crippen LogP contribution in [0.5, 0.6) is 0 Å². The minimum absolute atomic E-state index is 0.0567. The molecule has 0 aliphatic rings. The zero-order valence-corrected chi connectivity index (χ0v) is 18.7. The average molecular weight is 395 g/mol. The zero-order chi connectivity index (χ0) is 20.5. The van der Waals surface area contributed by atoms with E-state index >= 15 is 0 Å². The highest BCUT2D eigenvalue weighted by Crippen LogP contribution is 2.37. The number of hydrogen-bond donors (Lipinski definition) is 1. The first-order valence-electron chi connectivity index (χ1n) is 10.3. The molecule has 0 spiro atoms. The van der Waals surface area contributed by atoms with Crippen LogP contribution >= 0.6 is 0 Å². The molecule has 2 nitrogen and oxygen atoms in total. The Labute approximate surface area is 172 Å². The predicted molar refractivity (Wildman–Crippen MR) is 121 cm³/mol. The van der Waals surface area contributed by atoms with Gasteiger partial charge in [-0.3, -0.25) is 0 Å². The van der Waals surface area contributed by atoms with Crippen LogP contribution in [0.3, 0.4) is 0 Å². The van der Waals surface area contributed by atoms with E-state index in [1.54, 1.807) is 0 Å². The smallest absolute Gasteiger partial charge is 0.262 e. The molecule has 3 heteroatoms. The second kappa shape index (κ2) is 10.6. The Hall–Kier alpha value is -1.86. The van der Waals surface area contributed by atoms with Gasteiger partial charge in [-0.1, -0.05) is 94.3 Å². The van der Waals surface area contributed by atoms with Crippen LogP contribution in [0.15, 0.2) is 60.7 Å². The van der Waals surface area contributed by atoms with E-state index in [0.29, 0.717) is 0 Å². The summed E-state index contributed by atoms with van der Waals surface area (Å²) in [6, 6.07) is 21.4. The molecule has 2 aromatic rings. The van der Waals surface area contributed by atoms with Crippen molar-refractivity contribution < 1.29 is 9.53 Å². The van der Waals surface area contributed by atoms with E-state index in [-0.39, 0.29) is 17.7 Å². The minimum Gasteiger partial charge on any atom is -0.396 e. The molecule has 1 atom stereocenters. The van der Waals surface area contributed by atoms with Gasteiger partial charge in [-0.2, -0.15) is 0 Å². The van der Waals surface area contributed by atoms with Gasteiger partial charge in [0.15, 0.2) is 0 Å². The molecular weight excluding hydrogens is 360 g/mol. The summed E-state index contributed by atoms with van der Waals surface area (Å²) in [5, 5.41) is 11.7. The van der Waals surface area contributed by atoms with Crippen molar-refractivity contribution in [2.45, 2.75) is 64.5 Å². The highest BCUT2D eigenvalue weighted by atomic mass is 28.4. The molecule has 0 saturated carbocycles. The van der Waals surface area contributed by atoms with E-state index in [1.165, 1.54) is 10.4 Å². The summed E-state index contributed by atoms with van der Waals surface area (Å²) < 4.78 is 7.11. The Balaban J connectivity index is 2.58. The van der Waals surface area contributed by atoms with Crippen LogP contribution in [0.2, 0.25) is 5.04 Å². The van der Waals surface area contributed by atoms with Crippen molar-refractivity contribution >= 4 is 18.7 Å². The molecular formula is C25H34O2Si. The van der Waals surface area contributed by atoms with Crippen LogP contribution in [0, 0.1) is 11.8 Å². The van der Waals surface area contributed by atoms with Gasteiger partial charge in [0, 0.05) is 13.0 Å². The summed E-state index contributed by atoms with van der Waals surface area (Å²) in [6.07, 6.45) is 3.24. The summed E-state index contributed by atoms with van der Waals surface area (Å²) in [4.78, 5) is 0. The van der Waals surface area contributed by atoms with Gasteiger partial charge in [-0.05, 0) is 34.7 Å². The van der Waals surface area contributed by atoms with Crippen molar-refractivity contribution in [2.24, 2.45) is 0 Å². The summed E-state index contributed by atoms with van der Waals surface area (Å²) in [5.41, 5.74) is 0. The largest absolute Gasteiger partial charge is 0.396 e. The summed E-state index contributed by atoms with van der Waals surface area (Å²) in [7, 11) is -2.59. The molecule has 0 amide bonds. The van der Waals surface area contributed by atoms with Crippen LogP contribution in [-0.4, -0.2) is 26.1 Å². The molecule has 2 rings (SSSR count). The lowest BCUT2D eigenvalue weighted by Crippen LogP contribution is -2.67. The zero-order valence-electron chi connectivity index (χ0n) is 17.7. The quantitative estimate of drug-likeness (QED) is 0.406.